The highest BCUT2D eigenvalue weighted by Crippen LogP contribution is 2.15. The van der Waals surface area contributed by atoms with Gasteiger partial charge in [-0.15, -0.1) is 0 Å². The zero-order chi connectivity index (χ0) is 17.2. The molecule has 23 heavy (non-hydrogen) atoms. The molecule has 1 aromatic heterocycles. The fourth-order valence-corrected chi connectivity index (χ4v) is 3.11. The maximum absolute atomic E-state index is 12.5. The molecule has 2 aromatic rings. The summed E-state index contributed by atoms with van der Waals surface area (Å²) in [6, 6.07) is 8.89. The van der Waals surface area contributed by atoms with Crippen molar-refractivity contribution in [1.82, 2.24) is 9.36 Å². The maximum Gasteiger partial charge on any atom is 0.320 e. The first-order chi connectivity index (χ1) is 10.7. The van der Waals surface area contributed by atoms with E-state index in [0.29, 0.717) is 11.4 Å². The topological polar surface area (TPSA) is 110 Å². The molecule has 1 amide bonds. The van der Waals surface area contributed by atoms with E-state index in [4.69, 9.17) is 4.55 Å². The average Bonchev–Trinajstić information content (AvgIpc) is 2.69. The summed E-state index contributed by atoms with van der Waals surface area (Å²) in [5.74, 6) is -1.21. The van der Waals surface area contributed by atoms with E-state index in [-0.39, 0.29) is 16.5 Å². The number of hydrogen-bond acceptors (Lipinski definition) is 5. The van der Waals surface area contributed by atoms with Gasteiger partial charge in [-0.05, 0) is 19.1 Å². The number of amides is 1. The predicted octanol–water partition coefficient (Wildman–Crippen LogP) is 0.959. The molecule has 124 valence electrons. The van der Waals surface area contributed by atoms with Crippen LogP contribution in [0.25, 0.3) is 5.69 Å². The van der Waals surface area contributed by atoms with E-state index < -0.39 is 26.4 Å². The lowest BCUT2D eigenvalue weighted by Crippen LogP contribution is -2.23. The van der Waals surface area contributed by atoms with Crippen molar-refractivity contribution in [2.75, 3.05) is 11.1 Å². The normalized spacial score (nSPS) is 11.4. The van der Waals surface area contributed by atoms with Crippen molar-refractivity contribution in [3.63, 3.8) is 0 Å². The molecule has 10 heteroatoms. The van der Waals surface area contributed by atoms with Crippen LogP contribution in [0.4, 0.5) is 5.69 Å². The summed E-state index contributed by atoms with van der Waals surface area (Å²) in [4.78, 5) is 24.3. The lowest BCUT2D eigenvalue weighted by Gasteiger charge is -2.07. The third-order valence-electron chi connectivity index (χ3n) is 3.16. The van der Waals surface area contributed by atoms with Crippen LogP contribution in [0.3, 0.4) is 0 Å². The number of carbonyl (C=O) groups excluding carboxylic acids is 1. The molecule has 1 heterocycles. The van der Waals surface area contributed by atoms with Gasteiger partial charge in [0.1, 0.15) is 5.69 Å². The minimum absolute atomic E-state index is 0.0669. The third kappa shape index (κ3) is 4.03. The molecular weight excluding hydrogens is 342 g/mol. The highest BCUT2D eigenvalue weighted by Gasteiger charge is 2.19. The Morgan fingerprint density at radius 1 is 1.30 bits per heavy atom. The van der Waals surface area contributed by atoms with Crippen molar-refractivity contribution >= 4 is 31.5 Å². The molecule has 2 N–H and O–H groups in total. The predicted molar refractivity (Wildman–Crippen MR) is 88.4 cm³/mol. The Morgan fingerprint density at radius 3 is 2.48 bits per heavy atom. The fraction of sp³-hybridized carbons (Fsp3) is 0.231. The molecule has 0 aliphatic carbocycles. The molecule has 0 radical (unpaired) electrons. The zero-order valence-corrected chi connectivity index (χ0v) is 14.0. The first kappa shape index (κ1) is 17.3. The number of nitrogens with one attached hydrogen (secondary N) is 1. The number of anilines is 1. The first-order valence-electron chi connectivity index (χ1n) is 6.46. The number of rotatable bonds is 5. The number of aromatic nitrogens is 2. The number of hydrogen-bond donors (Lipinski definition) is 2. The van der Waals surface area contributed by atoms with Gasteiger partial charge < -0.3 is 5.32 Å². The highest BCUT2D eigenvalue weighted by atomic mass is 33.1. The van der Waals surface area contributed by atoms with Crippen LogP contribution >= 0.6 is 10.8 Å². The molecule has 0 unspecified atom stereocenters. The SMILES string of the molecule is Cc1c(NC(=O)CSS(=O)(=O)O)c(=O)n(-c2ccccc2)n1C. The second kappa shape index (κ2) is 6.60. The fourth-order valence-electron chi connectivity index (χ4n) is 2.02. The second-order valence-corrected chi connectivity index (χ2v) is 8.03. The van der Waals surface area contributed by atoms with Gasteiger partial charge >= 0.3 is 9.15 Å². The minimum atomic E-state index is -4.31. The number of benzene rings is 1. The van der Waals surface area contributed by atoms with E-state index in [1.54, 1.807) is 42.9 Å². The Hall–Kier alpha value is -2.04. The van der Waals surface area contributed by atoms with Crippen LogP contribution < -0.4 is 10.9 Å². The van der Waals surface area contributed by atoms with Crippen LogP contribution in [-0.2, 0) is 21.0 Å². The van der Waals surface area contributed by atoms with Gasteiger partial charge in [-0.25, -0.2) is 4.68 Å². The van der Waals surface area contributed by atoms with Crippen LogP contribution in [0.2, 0.25) is 0 Å². The molecule has 0 aliphatic rings. The summed E-state index contributed by atoms with van der Waals surface area (Å²) in [5, 5.41) is 2.39. The van der Waals surface area contributed by atoms with Crippen LogP contribution in [0.1, 0.15) is 5.69 Å². The molecule has 8 nitrogen and oxygen atoms in total. The summed E-state index contributed by atoms with van der Waals surface area (Å²) in [6.45, 7) is 1.66. The summed E-state index contributed by atoms with van der Waals surface area (Å²) in [6.07, 6.45) is 0. The molecule has 0 fully saturated rings. The van der Waals surface area contributed by atoms with Crippen molar-refractivity contribution in [3.8, 4) is 5.69 Å². The number of para-hydroxylation sites is 1. The third-order valence-corrected chi connectivity index (χ3v) is 5.08. The van der Waals surface area contributed by atoms with Gasteiger partial charge in [0.15, 0.2) is 0 Å². The van der Waals surface area contributed by atoms with Gasteiger partial charge in [0.25, 0.3) is 5.56 Å². The molecule has 0 aliphatic heterocycles. The smallest absolute Gasteiger partial charge is 0.319 e. The maximum atomic E-state index is 12.5. The molecule has 2 rings (SSSR count). The van der Waals surface area contributed by atoms with Crippen LogP contribution in [0, 0.1) is 6.92 Å². The molecule has 0 atom stereocenters. The standard InChI is InChI=1S/C13H15N3O5S2/c1-9-12(14-11(17)8-22-23(19,20)21)13(18)16(15(9)2)10-6-4-3-5-7-10/h3-7H,8H2,1-2H3,(H,14,17)(H,19,20,21). The Morgan fingerprint density at radius 2 is 1.91 bits per heavy atom. The van der Waals surface area contributed by atoms with Crippen LogP contribution in [0.5, 0.6) is 0 Å². The Kier molecular flexibility index (Phi) is 4.97. The van der Waals surface area contributed by atoms with Crippen LogP contribution in [0.15, 0.2) is 35.1 Å². The van der Waals surface area contributed by atoms with Gasteiger partial charge in [0.2, 0.25) is 5.91 Å². The Balaban J connectivity index is 2.31. The largest absolute Gasteiger partial charge is 0.320 e. The monoisotopic (exact) mass is 357 g/mol. The Labute approximate surface area is 136 Å². The quantitative estimate of drug-likeness (QED) is 0.609. The summed E-state index contributed by atoms with van der Waals surface area (Å²) in [5.41, 5.74) is 0.790. The zero-order valence-electron chi connectivity index (χ0n) is 12.4. The molecule has 0 bridgehead atoms. The van der Waals surface area contributed by atoms with E-state index in [0.717, 1.165) is 0 Å². The van der Waals surface area contributed by atoms with E-state index in [9.17, 15) is 18.0 Å². The molecule has 0 spiro atoms. The molecule has 1 aromatic carbocycles. The lowest BCUT2D eigenvalue weighted by atomic mass is 10.3. The van der Waals surface area contributed by atoms with Gasteiger partial charge in [-0.1, -0.05) is 18.2 Å². The minimum Gasteiger partial charge on any atom is -0.319 e. The summed E-state index contributed by atoms with van der Waals surface area (Å²) >= 11 is 0. The van der Waals surface area contributed by atoms with Crippen LogP contribution in [-0.4, -0.2) is 34.0 Å². The van der Waals surface area contributed by atoms with E-state index >= 15 is 0 Å². The number of carbonyl (C=O) groups is 1. The molecule has 0 saturated carbocycles. The molecular formula is C13H15N3O5S2. The van der Waals surface area contributed by atoms with Gasteiger partial charge in [-0.3, -0.25) is 18.8 Å². The lowest BCUT2D eigenvalue weighted by molar-refractivity contribution is -0.113. The van der Waals surface area contributed by atoms with Crippen molar-refractivity contribution < 1.29 is 17.8 Å². The summed E-state index contributed by atoms with van der Waals surface area (Å²) in [7, 11) is -2.56. The Bertz CT molecular complexity index is 884. The second-order valence-electron chi connectivity index (χ2n) is 4.67. The van der Waals surface area contributed by atoms with Crippen molar-refractivity contribution in [1.29, 1.82) is 0 Å². The average molecular weight is 357 g/mol. The highest BCUT2D eigenvalue weighted by molar-refractivity contribution is 8.70. The van der Waals surface area contributed by atoms with E-state index in [1.165, 1.54) is 4.68 Å². The van der Waals surface area contributed by atoms with Crippen molar-refractivity contribution in [2.45, 2.75) is 6.92 Å². The summed E-state index contributed by atoms with van der Waals surface area (Å²) < 4.78 is 32.9. The van der Waals surface area contributed by atoms with Crippen molar-refractivity contribution in [3.05, 3.63) is 46.4 Å². The first-order valence-corrected chi connectivity index (χ1v) is 9.40. The van der Waals surface area contributed by atoms with Gasteiger partial charge in [0.05, 0.1) is 17.1 Å². The number of nitrogens with zero attached hydrogens (tertiary/aromatic N) is 2. The molecule has 0 saturated heterocycles. The van der Waals surface area contributed by atoms with E-state index in [2.05, 4.69) is 5.32 Å². The van der Waals surface area contributed by atoms with Crippen molar-refractivity contribution in [2.24, 2.45) is 7.05 Å². The van der Waals surface area contributed by atoms with Gasteiger partial charge in [-0.2, -0.15) is 8.42 Å². The van der Waals surface area contributed by atoms with E-state index in [1.807, 2.05) is 6.07 Å². The van der Waals surface area contributed by atoms with Gasteiger partial charge in [0, 0.05) is 17.8 Å².